The Morgan fingerprint density at radius 1 is 1.40 bits per heavy atom. The van der Waals surface area contributed by atoms with Gasteiger partial charge in [0.05, 0.1) is 12.5 Å². The number of thioether (sulfide) groups is 1. The summed E-state index contributed by atoms with van der Waals surface area (Å²) >= 11 is 2.07. The maximum absolute atomic E-state index is 11.7. The third-order valence-corrected chi connectivity index (χ3v) is 7.40. The van der Waals surface area contributed by atoms with Crippen molar-refractivity contribution < 1.29 is 4.79 Å². The number of amides is 1. The number of nitrogens with zero attached hydrogens (tertiary/aromatic N) is 4. The van der Waals surface area contributed by atoms with Crippen LogP contribution in [-0.2, 0) is 11.3 Å². The molecule has 2 saturated heterocycles. The summed E-state index contributed by atoms with van der Waals surface area (Å²) in [5.41, 5.74) is 6.66. The van der Waals surface area contributed by atoms with Crippen LogP contribution in [0, 0.1) is 11.8 Å². The predicted octanol–water partition coefficient (Wildman–Crippen LogP) is 2.32. The number of carbonyl (C=O) groups is 1. The Morgan fingerprint density at radius 3 is 2.97 bits per heavy atom. The highest BCUT2D eigenvalue weighted by atomic mass is 32.2. The number of piperidine rings is 1. The fourth-order valence-corrected chi connectivity index (χ4v) is 5.40. The highest BCUT2D eigenvalue weighted by Crippen LogP contribution is 2.26. The zero-order valence-corrected chi connectivity index (χ0v) is 19.3. The Kier molecular flexibility index (Phi) is 8.24. The van der Waals surface area contributed by atoms with E-state index in [2.05, 4.69) is 58.7 Å². The maximum Gasteiger partial charge on any atom is 0.222 e. The van der Waals surface area contributed by atoms with E-state index in [0.717, 1.165) is 62.1 Å². The molecule has 8 heteroatoms. The van der Waals surface area contributed by atoms with Gasteiger partial charge in [-0.25, -0.2) is 9.98 Å². The van der Waals surface area contributed by atoms with Gasteiger partial charge in [0.15, 0.2) is 5.96 Å². The van der Waals surface area contributed by atoms with E-state index in [1.54, 1.807) is 0 Å². The van der Waals surface area contributed by atoms with Crippen LogP contribution in [0.5, 0.6) is 0 Å². The Hall–Kier alpha value is -1.96. The number of hydrogen-bond acceptors (Lipinski definition) is 5. The van der Waals surface area contributed by atoms with E-state index in [1.165, 1.54) is 0 Å². The van der Waals surface area contributed by atoms with Gasteiger partial charge in [-0.3, -0.25) is 4.79 Å². The Bertz CT molecular complexity index is 740. The second-order valence-corrected chi connectivity index (χ2v) is 9.79. The van der Waals surface area contributed by atoms with Crippen LogP contribution in [0.15, 0.2) is 23.3 Å². The highest BCUT2D eigenvalue weighted by molar-refractivity contribution is 8.00. The zero-order chi connectivity index (χ0) is 21.5. The lowest BCUT2D eigenvalue weighted by Crippen LogP contribution is -2.49. The van der Waals surface area contributed by atoms with E-state index < -0.39 is 0 Å². The van der Waals surface area contributed by atoms with E-state index >= 15 is 0 Å². The van der Waals surface area contributed by atoms with Crippen LogP contribution in [0.3, 0.4) is 0 Å². The van der Waals surface area contributed by atoms with Gasteiger partial charge in [0.25, 0.3) is 0 Å². The molecule has 3 N–H and O–H groups in total. The molecule has 1 aromatic rings. The molecule has 2 atom stereocenters. The average molecular weight is 433 g/mol. The summed E-state index contributed by atoms with van der Waals surface area (Å²) in [7, 11) is 0. The molecule has 1 amide bonds. The van der Waals surface area contributed by atoms with Crippen LogP contribution < -0.4 is 16.0 Å². The largest absolute Gasteiger partial charge is 0.369 e. The molecule has 0 radical (unpaired) electrons. The number of nitrogens with one attached hydrogen (secondary N) is 1. The summed E-state index contributed by atoms with van der Waals surface area (Å²) in [6.07, 6.45) is 3.63. The van der Waals surface area contributed by atoms with Crippen molar-refractivity contribution >= 4 is 29.4 Å². The third kappa shape index (κ3) is 5.80. The lowest BCUT2D eigenvalue weighted by atomic mass is 9.97. The summed E-state index contributed by atoms with van der Waals surface area (Å²) in [5, 5.41) is 4.11. The molecular formula is C22H36N6OS. The molecule has 0 aliphatic carbocycles. The minimum atomic E-state index is -0.215. The number of carbonyl (C=O) groups excluding carboxylic acids is 1. The molecule has 0 spiro atoms. The van der Waals surface area contributed by atoms with Crippen LogP contribution in [0.25, 0.3) is 0 Å². The van der Waals surface area contributed by atoms with Gasteiger partial charge in [0.1, 0.15) is 5.82 Å². The van der Waals surface area contributed by atoms with Crippen LogP contribution in [0.1, 0.15) is 39.2 Å². The van der Waals surface area contributed by atoms with Crippen LogP contribution in [-0.4, -0.2) is 65.5 Å². The Labute approximate surface area is 184 Å². The van der Waals surface area contributed by atoms with E-state index in [1.807, 2.05) is 12.3 Å². The number of aliphatic imine (C=N–C) groups is 1. The molecule has 3 heterocycles. The summed E-state index contributed by atoms with van der Waals surface area (Å²) in [5.74, 6) is 3.38. The van der Waals surface area contributed by atoms with Crippen molar-refractivity contribution in [2.75, 3.05) is 43.4 Å². The number of rotatable bonds is 6. The highest BCUT2D eigenvalue weighted by Gasteiger charge is 2.27. The van der Waals surface area contributed by atoms with Crippen molar-refractivity contribution in [3.05, 3.63) is 23.9 Å². The topological polar surface area (TPSA) is 86.9 Å². The molecule has 0 saturated carbocycles. The Balaban J connectivity index is 1.75. The SMILES string of the molecule is CCNC(=NCc1cccnc1N1CCCC(C(N)=O)C1)N1CCSC(C(C)C)C1. The van der Waals surface area contributed by atoms with Crippen molar-refractivity contribution in [2.24, 2.45) is 22.6 Å². The number of guanidine groups is 1. The van der Waals surface area contributed by atoms with E-state index in [-0.39, 0.29) is 11.8 Å². The first-order valence-electron chi connectivity index (χ1n) is 11.1. The fourth-order valence-electron chi connectivity index (χ4n) is 4.10. The molecule has 2 unspecified atom stereocenters. The predicted molar refractivity (Wildman–Crippen MR) is 126 cm³/mol. The second-order valence-electron chi connectivity index (χ2n) is 8.44. The summed E-state index contributed by atoms with van der Waals surface area (Å²) in [4.78, 5) is 25.9. The fraction of sp³-hybridized carbons (Fsp3) is 0.682. The lowest BCUT2D eigenvalue weighted by molar-refractivity contribution is -0.122. The average Bonchev–Trinajstić information content (AvgIpc) is 2.77. The lowest BCUT2D eigenvalue weighted by Gasteiger charge is -2.36. The molecule has 3 rings (SSSR count). The van der Waals surface area contributed by atoms with Gasteiger partial charge in [-0.15, -0.1) is 0 Å². The van der Waals surface area contributed by atoms with E-state index in [0.29, 0.717) is 24.3 Å². The molecule has 1 aromatic heterocycles. The quantitative estimate of drug-likeness (QED) is 0.530. The monoisotopic (exact) mass is 432 g/mol. The third-order valence-electron chi connectivity index (χ3n) is 5.86. The number of pyridine rings is 1. The van der Waals surface area contributed by atoms with Crippen LogP contribution in [0.4, 0.5) is 5.82 Å². The minimum Gasteiger partial charge on any atom is -0.369 e. The molecule has 0 bridgehead atoms. The first kappa shape index (κ1) is 22.7. The number of primary amides is 1. The van der Waals surface area contributed by atoms with Gasteiger partial charge in [0.2, 0.25) is 5.91 Å². The van der Waals surface area contributed by atoms with Gasteiger partial charge in [-0.1, -0.05) is 19.9 Å². The molecule has 2 fully saturated rings. The molecule has 7 nitrogen and oxygen atoms in total. The second kappa shape index (κ2) is 10.9. The van der Waals surface area contributed by atoms with Crippen molar-refractivity contribution in [2.45, 2.75) is 45.4 Å². The van der Waals surface area contributed by atoms with Gasteiger partial charge >= 0.3 is 0 Å². The van der Waals surface area contributed by atoms with Gasteiger partial charge in [-0.2, -0.15) is 11.8 Å². The summed E-state index contributed by atoms with van der Waals surface area (Å²) < 4.78 is 0. The standard InChI is InChI=1S/C22H36N6OS/c1-4-24-22(28-11-12-30-19(15-28)16(2)3)26-13-17-7-5-9-25-21(17)27-10-6-8-18(14-27)20(23)29/h5,7,9,16,18-19H,4,6,8,10-15H2,1-3H3,(H2,23,29)(H,24,26). The molecule has 2 aliphatic heterocycles. The molecule has 0 aromatic carbocycles. The normalized spacial score (nSPS) is 23.0. The van der Waals surface area contributed by atoms with Gasteiger partial charge in [-0.05, 0) is 31.7 Å². The van der Waals surface area contributed by atoms with Crippen molar-refractivity contribution in [1.82, 2.24) is 15.2 Å². The molecule has 166 valence electrons. The number of hydrogen-bond donors (Lipinski definition) is 2. The zero-order valence-electron chi connectivity index (χ0n) is 18.5. The van der Waals surface area contributed by atoms with E-state index in [9.17, 15) is 4.79 Å². The number of anilines is 1. The number of aromatic nitrogens is 1. The first-order valence-corrected chi connectivity index (χ1v) is 12.2. The molecular weight excluding hydrogens is 396 g/mol. The molecule has 30 heavy (non-hydrogen) atoms. The van der Waals surface area contributed by atoms with Crippen LogP contribution in [0.2, 0.25) is 0 Å². The van der Waals surface area contributed by atoms with E-state index in [4.69, 9.17) is 10.7 Å². The van der Waals surface area contributed by atoms with Crippen LogP contribution >= 0.6 is 11.8 Å². The number of nitrogens with two attached hydrogens (primary N) is 1. The van der Waals surface area contributed by atoms with Gasteiger partial charge < -0.3 is 20.9 Å². The van der Waals surface area contributed by atoms with Crippen molar-refractivity contribution in [1.29, 1.82) is 0 Å². The smallest absolute Gasteiger partial charge is 0.222 e. The summed E-state index contributed by atoms with van der Waals surface area (Å²) in [6, 6.07) is 4.05. The van der Waals surface area contributed by atoms with Gasteiger partial charge in [0, 0.05) is 55.5 Å². The summed E-state index contributed by atoms with van der Waals surface area (Å²) in [6.45, 7) is 11.7. The van der Waals surface area contributed by atoms with Crippen molar-refractivity contribution in [3.63, 3.8) is 0 Å². The first-order chi connectivity index (χ1) is 14.5. The van der Waals surface area contributed by atoms with Crippen molar-refractivity contribution in [3.8, 4) is 0 Å². The molecule has 2 aliphatic rings. The maximum atomic E-state index is 11.7. The minimum absolute atomic E-state index is 0.103. The Morgan fingerprint density at radius 2 is 2.23 bits per heavy atom.